The van der Waals surface area contributed by atoms with E-state index in [1.54, 1.807) is 22.8 Å². The normalized spacial score (nSPS) is 14.0. The molecule has 2 N–H and O–H groups in total. The molecular formula is C24H23N3O4. The SMILES string of the molecule is O=C(O)CCCCC(=O)Nc1ccc2c(=O)n3c(nc2c1)/C(=C/c1ccccc1)CC3. The Morgan fingerprint density at radius 2 is 1.87 bits per heavy atom. The van der Waals surface area contributed by atoms with Crippen molar-refractivity contribution in [2.45, 2.75) is 38.6 Å². The summed E-state index contributed by atoms with van der Waals surface area (Å²) < 4.78 is 1.71. The Labute approximate surface area is 179 Å². The second-order valence-corrected chi connectivity index (χ2v) is 7.60. The lowest BCUT2D eigenvalue weighted by atomic mass is 10.1. The Kier molecular flexibility index (Phi) is 5.93. The van der Waals surface area contributed by atoms with Gasteiger partial charge in [-0.05, 0) is 54.7 Å². The molecule has 3 aromatic rings. The molecule has 7 heteroatoms. The van der Waals surface area contributed by atoms with Gasteiger partial charge in [-0.15, -0.1) is 0 Å². The predicted octanol–water partition coefficient (Wildman–Crippen LogP) is 3.92. The average Bonchev–Trinajstić information content (AvgIpc) is 3.14. The smallest absolute Gasteiger partial charge is 0.303 e. The van der Waals surface area contributed by atoms with Gasteiger partial charge in [0.25, 0.3) is 5.56 Å². The van der Waals surface area contributed by atoms with E-state index >= 15 is 0 Å². The Morgan fingerprint density at radius 1 is 1.10 bits per heavy atom. The molecule has 158 valence electrons. The molecule has 0 bridgehead atoms. The fourth-order valence-corrected chi connectivity index (χ4v) is 3.77. The van der Waals surface area contributed by atoms with Crippen LogP contribution in [0.15, 0.2) is 53.3 Å². The molecule has 0 fully saturated rings. The number of carboxylic acids is 1. The minimum atomic E-state index is -0.861. The first-order chi connectivity index (χ1) is 15.0. The van der Waals surface area contributed by atoms with Gasteiger partial charge in [-0.2, -0.15) is 0 Å². The van der Waals surface area contributed by atoms with Crippen molar-refractivity contribution in [3.8, 4) is 0 Å². The summed E-state index contributed by atoms with van der Waals surface area (Å²) in [5, 5.41) is 12.0. The van der Waals surface area contributed by atoms with Gasteiger partial charge in [0.2, 0.25) is 5.91 Å². The number of carboxylic acid groups (broad SMARTS) is 1. The van der Waals surface area contributed by atoms with Crippen molar-refractivity contribution in [3.63, 3.8) is 0 Å². The summed E-state index contributed by atoms with van der Waals surface area (Å²) in [6, 6.07) is 15.0. The van der Waals surface area contributed by atoms with Gasteiger partial charge in [0.05, 0.1) is 10.9 Å². The highest BCUT2D eigenvalue weighted by molar-refractivity contribution is 5.94. The standard InChI is InChI=1S/C24H23N3O4/c28-21(8-4-5-9-22(29)30)25-18-10-11-19-20(15-18)26-23-17(12-13-27(23)24(19)31)14-16-6-2-1-3-7-16/h1-3,6-7,10-11,14-15H,4-5,8-9,12-13H2,(H,25,28)(H,29,30)/b17-14+. The van der Waals surface area contributed by atoms with Crippen LogP contribution in [0.2, 0.25) is 0 Å². The number of unbranched alkanes of at least 4 members (excludes halogenated alkanes) is 1. The van der Waals surface area contributed by atoms with E-state index in [0.29, 0.717) is 41.8 Å². The highest BCUT2D eigenvalue weighted by Gasteiger charge is 2.21. The fraction of sp³-hybridized carbons (Fsp3) is 0.250. The van der Waals surface area contributed by atoms with E-state index < -0.39 is 5.97 Å². The van der Waals surface area contributed by atoms with Crippen LogP contribution in [0.25, 0.3) is 22.6 Å². The van der Waals surface area contributed by atoms with Crippen LogP contribution in [-0.2, 0) is 16.1 Å². The monoisotopic (exact) mass is 417 g/mol. The van der Waals surface area contributed by atoms with Crippen LogP contribution in [0.1, 0.15) is 43.5 Å². The van der Waals surface area contributed by atoms with Gasteiger partial charge >= 0.3 is 5.97 Å². The summed E-state index contributed by atoms with van der Waals surface area (Å²) in [4.78, 5) is 40.4. The first kappa shape index (κ1) is 20.5. The topological polar surface area (TPSA) is 101 Å². The highest BCUT2D eigenvalue weighted by atomic mass is 16.4. The maximum absolute atomic E-state index is 12.9. The molecule has 1 amide bonds. The number of nitrogens with zero attached hydrogens (tertiary/aromatic N) is 2. The number of aliphatic carboxylic acids is 1. The Bertz CT molecular complexity index is 1230. The molecular weight excluding hydrogens is 394 g/mol. The van der Waals surface area contributed by atoms with Gasteiger partial charge in [-0.1, -0.05) is 30.3 Å². The molecule has 0 saturated heterocycles. The number of rotatable bonds is 7. The molecule has 4 rings (SSSR count). The first-order valence-corrected chi connectivity index (χ1v) is 10.3. The van der Waals surface area contributed by atoms with Gasteiger partial charge in [0.1, 0.15) is 5.82 Å². The number of carbonyl (C=O) groups is 2. The van der Waals surface area contributed by atoms with Crippen molar-refractivity contribution in [2.24, 2.45) is 0 Å². The van der Waals surface area contributed by atoms with E-state index in [-0.39, 0.29) is 24.3 Å². The van der Waals surface area contributed by atoms with Crippen molar-refractivity contribution < 1.29 is 14.7 Å². The lowest BCUT2D eigenvalue weighted by Gasteiger charge is -2.09. The number of anilines is 1. The maximum atomic E-state index is 12.9. The van der Waals surface area contributed by atoms with Crippen molar-refractivity contribution >= 4 is 40.1 Å². The molecule has 0 aliphatic carbocycles. The quantitative estimate of drug-likeness (QED) is 0.567. The van der Waals surface area contributed by atoms with Crippen molar-refractivity contribution in [1.29, 1.82) is 0 Å². The van der Waals surface area contributed by atoms with Crippen LogP contribution in [0.5, 0.6) is 0 Å². The van der Waals surface area contributed by atoms with E-state index in [4.69, 9.17) is 10.1 Å². The number of hydrogen-bond donors (Lipinski definition) is 2. The largest absolute Gasteiger partial charge is 0.481 e. The molecule has 2 aromatic carbocycles. The molecule has 1 aliphatic heterocycles. The first-order valence-electron chi connectivity index (χ1n) is 10.3. The lowest BCUT2D eigenvalue weighted by Crippen LogP contribution is -2.21. The van der Waals surface area contributed by atoms with Crippen LogP contribution < -0.4 is 10.9 Å². The van der Waals surface area contributed by atoms with Gasteiger partial charge in [-0.3, -0.25) is 19.0 Å². The third-order valence-corrected chi connectivity index (χ3v) is 5.32. The Balaban J connectivity index is 1.57. The van der Waals surface area contributed by atoms with E-state index in [9.17, 15) is 14.4 Å². The van der Waals surface area contributed by atoms with Gasteiger partial charge in [0, 0.05) is 25.1 Å². The van der Waals surface area contributed by atoms with Gasteiger partial charge in [-0.25, -0.2) is 4.98 Å². The molecule has 0 saturated carbocycles. The summed E-state index contributed by atoms with van der Waals surface area (Å²) in [7, 11) is 0. The molecule has 7 nitrogen and oxygen atoms in total. The van der Waals surface area contributed by atoms with Crippen LogP contribution in [0.4, 0.5) is 5.69 Å². The molecule has 0 atom stereocenters. The summed E-state index contributed by atoms with van der Waals surface area (Å²) in [6.45, 7) is 0.602. The number of benzene rings is 2. The minimum Gasteiger partial charge on any atom is -0.481 e. The maximum Gasteiger partial charge on any atom is 0.303 e. The van der Waals surface area contributed by atoms with E-state index in [1.807, 2.05) is 30.3 Å². The van der Waals surface area contributed by atoms with Gasteiger partial charge in [0.15, 0.2) is 0 Å². The molecule has 0 radical (unpaired) electrons. The summed E-state index contributed by atoms with van der Waals surface area (Å²) in [5.74, 6) is -0.383. The third kappa shape index (κ3) is 4.71. The number of fused-ring (bicyclic) bond motifs is 2. The minimum absolute atomic E-state index is 0.0566. The van der Waals surface area contributed by atoms with Crippen LogP contribution in [-0.4, -0.2) is 26.5 Å². The van der Waals surface area contributed by atoms with Crippen molar-refractivity contribution in [2.75, 3.05) is 5.32 Å². The van der Waals surface area contributed by atoms with E-state index in [1.165, 1.54) is 0 Å². The molecule has 1 aliphatic rings. The average molecular weight is 417 g/mol. The summed E-state index contributed by atoms with van der Waals surface area (Å²) in [6.07, 6.45) is 4.07. The molecule has 1 aromatic heterocycles. The van der Waals surface area contributed by atoms with Crippen LogP contribution in [0.3, 0.4) is 0 Å². The van der Waals surface area contributed by atoms with Gasteiger partial charge < -0.3 is 10.4 Å². The number of carbonyl (C=O) groups excluding carboxylic acids is 1. The highest BCUT2D eigenvalue weighted by Crippen LogP contribution is 2.28. The molecule has 2 heterocycles. The van der Waals surface area contributed by atoms with Crippen LogP contribution in [0, 0.1) is 0 Å². The molecule has 31 heavy (non-hydrogen) atoms. The number of aromatic nitrogens is 2. The van der Waals surface area contributed by atoms with Crippen LogP contribution >= 0.6 is 0 Å². The predicted molar refractivity (Wildman–Crippen MR) is 120 cm³/mol. The fourth-order valence-electron chi connectivity index (χ4n) is 3.77. The molecule has 0 spiro atoms. The second-order valence-electron chi connectivity index (χ2n) is 7.60. The third-order valence-electron chi connectivity index (χ3n) is 5.32. The number of allylic oxidation sites excluding steroid dienone is 1. The zero-order valence-corrected chi connectivity index (χ0v) is 17.0. The number of amides is 1. The zero-order chi connectivity index (χ0) is 21.8. The number of nitrogens with one attached hydrogen (secondary N) is 1. The van der Waals surface area contributed by atoms with E-state index in [2.05, 4.69) is 11.4 Å². The summed E-state index contributed by atoms with van der Waals surface area (Å²) >= 11 is 0. The lowest BCUT2D eigenvalue weighted by molar-refractivity contribution is -0.137. The Morgan fingerprint density at radius 3 is 2.65 bits per heavy atom. The van der Waals surface area contributed by atoms with Crippen molar-refractivity contribution in [3.05, 3.63) is 70.3 Å². The molecule has 0 unspecified atom stereocenters. The Hall–Kier alpha value is -3.74. The number of hydrogen-bond acceptors (Lipinski definition) is 4. The van der Waals surface area contributed by atoms with Crippen molar-refractivity contribution in [1.82, 2.24) is 9.55 Å². The van der Waals surface area contributed by atoms with E-state index in [0.717, 1.165) is 17.6 Å². The summed E-state index contributed by atoms with van der Waals surface area (Å²) in [5.41, 5.74) is 3.10. The second kappa shape index (κ2) is 8.95. The zero-order valence-electron chi connectivity index (χ0n) is 17.0.